The van der Waals surface area contributed by atoms with Crippen molar-refractivity contribution >= 4 is 17.2 Å². The Labute approximate surface area is 112 Å². The second kappa shape index (κ2) is 5.46. The number of hydrogen-bond donors (Lipinski definition) is 1. The topological polar surface area (TPSA) is 59.2 Å². The predicted octanol–water partition coefficient (Wildman–Crippen LogP) is 1.86. The molecule has 2 heterocycles. The molecule has 19 heavy (non-hydrogen) atoms. The molecule has 1 saturated heterocycles. The average Bonchev–Trinajstić information content (AvgIpc) is 2.78. The molecule has 4 nitrogen and oxygen atoms in total. The minimum atomic E-state index is -4.38. The highest BCUT2D eigenvalue weighted by molar-refractivity contribution is 7.09. The number of piperidine rings is 1. The number of rotatable bonds is 3. The first-order valence-corrected chi connectivity index (χ1v) is 6.77. The second-order valence-corrected chi connectivity index (χ2v) is 5.52. The van der Waals surface area contributed by atoms with E-state index >= 15 is 0 Å². The van der Waals surface area contributed by atoms with Crippen LogP contribution in [0.4, 0.5) is 13.2 Å². The Kier molecular flexibility index (Phi) is 4.10. The van der Waals surface area contributed by atoms with Crippen molar-refractivity contribution in [3.63, 3.8) is 0 Å². The molecule has 1 aliphatic rings. The molecule has 0 atom stereocenters. The van der Waals surface area contributed by atoms with E-state index in [0.29, 0.717) is 37.5 Å². The predicted molar refractivity (Wildman–Crippen MR) is 64.3 cm³/mol. The molecule has 2 rings (SSSR count). The van der Waals surface area contributed by atoms with E-state index in [2.05, 4.69) is 4.98 Å². The molecule has 0 radical (unpaired) electrons. The molecule has 1 fully saturated rings. The van der Waals surface area contributed by atoms with Crippen molar-refractivity contribution in [2.24, 2.45) is 11.7 Å². The third kappa shape index (κ3) is 3.66. The largest absolute Gasteiger partial charge is 0.434 e. The zero-order valence-electron chi connectivity index (χ0n) is 10.1. The normalized spacial score (nSPS) is 18.7. The number of aromatic nitrogens is 1. The first kappa shape index (κ1) is 14.3. The van der Waals surface area contributed by atoms with Gasteiger partial charge in [-0.15, -0.1) is 11.3 Å². The summed E-state index contributed by atoms with van der Waals surface area (Å²) in [7, 11) is 0. The summed E-state index contributed by atoms with van der Waals surface area (Å²) in [4.78, 5) is 16.6. The van der Waals surface area contributed by atoms with Gasteiger partial charge in [0.15, 0.2) is 5.69 Å². The number of amides is 1. The van der Waals surface area contributed by atoms with Crippen LogP contribution in [-0.2, 0) is 17.5 Å². The van der Waals surface area contributed by atoms with Crippen molar-refractivity contribution < 1.29 is 18.0 Å². The number of alkyl halides is 3. The lowest BCUT2D eigenvalue weighted by atomic mass is 9.96. The van der Waals surface area contributed by atoms with Crippen molar-refractivity contribution in [1.82, 2.24) is 9.88 Å². The molecule has 1 aromatic heterocycles. The van der Waals surface area contributed by atoms with Crippen molar-refractivity contribution in [2.75, 3.05) is 13.1 Å². The first-order chi connectivity index (χ1) is 8.86. The molecule has 1 aromatic rings. The third-order valence-electron chi connectivity index (χ3n) is 3.19. The summed E-state index contributed by atoms with van der Waals surface area (Å²) >= 11 is 1.01. The fourth-order valence-corrected chi connectivity index (χ4v) is 2.92. The maximum Gasteiger partial charge on any atom is 0.434 e. The summed E-state index contributed by atoms with van der Waals surface area (Å²) in [6.07, 6.45) is -3.06. The Morgan fingerprint density at radius 1 is 1.47 bits per heavy atom. The van der Waals surface area contributed by atoms with Crippen LogP contribution in [0.1, 0.15) is 23.5 Å². The molecule has 1 aliphatic heterocycles. The van der Waals surface area contributed by atoms with Crippen molar-refractivity contribution in [3.8, 4) is 0 Å². The van der Waals surface area contributed by atoms with E-state index in [1.807, 2.05) is 4.90 Å². The molecular weight excluding hydrogens is 279 g/mol. The summed E-state index contributed by atoms with van der Waals surface area (Å²) in [6, 6.07) is 0. The van der Waals surface area contributed by atoms with Crippen LogP contribution in [0.25, 0.3) is 0 Å². The standard InChI is InChI=1S/C11H14F3N3OS/c12-11(13,14)8-6-19-9(16-8)5-17-3-1-7(2-4-17)10(15)18/h6-7H,1-5H2,(H2,15,18). The number of nitrogens with zero attached hydrogens (tertiary/aromatic N) is 2. The second-order valence-electron chi connectivity index (χ2n) is 4.58. The van der Waals surface area contributed by atoms with Crippen LogP contribution in [0.15, 0.2) is 5.38 Å². The van der Waals surface area contributed by atoms with Crippen LogP contribution < -0.4 is 5.73 Å². The van der Waals surface area contributed by atoms with Gasteiger partial charge >= 0.3 is 6.18 Å². The van der Waals surface area contributed by atoms with Crippen LogP contribution >= 0.6 is 11.3 Å². The lowest BCUT2D eigenvalue weighted by Crippen LogP contribution is -2.38. The van der Waals surface area contributed by atoms with Crippen molar-refractivity contribution in [1.29, 1.82) is 0 Å². The summed E-state index contributed by atoms with van der Waals surface area (Å²) in [5.74, 6) is -0.411. The van der Waals surface area contributed by atoms with Gasteiger partial charge in [-0.1, -0.05) is 0 Å². The van der Waals surface area contributed by atoms with Crippen LogP contribution in [0, 0.1) is 5.92 Å². The molecule has 0 spiro atoms. The number of hydrogen-bond acceptors (Lipinski definition) is 4. The van der Waals surface area contributed by atoms with Gasteiger partial charge in [0.1, 0.15) is 5.01 Å². The maximum absolute atomic E-state index is 12.4. The summed E-state index contributed by atoms with van der Waals surface area (Å²) in [6.45, 7) is 1.72. The molecule has 1 amide bonds. The van der Waals surface area contributed by atoms with Crippen LogP contribution in [-0.4, -0.2) is 28.9 Å². The molecular formula is C11H14F3N3OS. The highest BCUT2D eigenvalue weighted by Gasteiger charge is 2.34. The van der Waals surface area contributed by atoms with Gasteiger partial charge in [0.05, 0.1) is 6.54 Å². The van der Waals surface area contributed by atoms with Gasteiger partial charge in [-0.3, -0.25) is 9.69 Å². The van der Waals surface area contributed by atoms with Gasteiger partial charge < -0.3 is 5.73 Å². The van der Waals surface area contributed by atoms with Gasteiger partial charge in [-0.05, 0) is 25.9 Å². The van der Waals surface area contributed by atoms with E-state index < -0.39 is 11.9 Å². The fourth-order valence-electron chi connectivity index (χ4n) is 2.08. The summed E-state index contributed by atoms with van der Waals surface area (Å²) in [5.41, 5.74) is 4.39. The Morgan fingerprint density at radius 3 is 2.58 bits per heavy atom. The summed E-state index contributed by atoms with van der Waals surface area (Å²) < 4.78 is 37.2. The van der Waals surface area contributed by atoms with Crippen LogP contribution in [0.2, 0.25) is 0 Å². The number of primary amides is 1. The Bertz CT molecular complexity index is 452. The lowest BCUT2D eigenvalue weighted by molar-refractivity contribution is -0.140. The number of likely N-dealkylation sites (tertiary alicyclic amines) is 1. The van der Waals surface area contributed by atoms with Gasteiger partial charge in [-0.2, -0.15) is 13.2 Å². The minimum Gasteiger partial charge on any atom is -0.369 e. The highest BCUT2D eigenvalue weighted by atomic mass is 32.1. The minimum absolute atomic E-state index is 0.113. The monoisotopic (exact) mass is 293 g/mol. The average molecular weight is 293 g/mol. The fraction of sp³-hybridized carbons (Fsp3) is 0.636. The van der Waals surface area contributed by atoms with Crippen LogP contribution in [0.5, 0.6) is 0 Å². The Morgan fingerprint density at radius 2 is 2.11 bits per heavy atom. The number of thiazole rings is 1. The zero-order chi connectivity index (χ0) is 14.0. The zero-order valence-corrected chi connectivity index (χ0v) is 10.9. The number of nitrogens with two attached hydrogens (primary N) is 1. The van der Waals surface area contributed by atoms with E-state index in [0.717, 1.165) is 16.7 Å². The molecule has 0 unspecified atom stereocenters. The smallest absolute Gasteiger partial charge is 0.369 e. The Hall–Kier alpha value is -1.15. The van der Waals surface area contributed by atoms with Gasteiger partial charge in [0.2, 0.25) is 5.91 Å². The first-order valence-electron chi connectivity index (χ1n) is 5.89. The van der Waals surface area contributed by atoms with Gasteiger partial charge in [-0.25, -0.2) is 4.98 Å². The highest BCUT2D eigenvalue weighted by Crippen LogP contribution is 2.30. The van der Waals surface area contributed by atoms with Crippen LogP contribution in [0.3, 0.4) is 0 Å². The molecule has 106 valence electrons. The molecule has 0 aliphatic carbocycles. The Balaban J connectivity index is 1.89. The SMILES string of the molecule is NC(=O)C1CCN(Cc2nc(C(F)(F)F)cs2)CC1. The number of carbonyl (C=O) groups is 1. The van der Waals surface area contributed by atoms with E-state index in [-0.39, 0.29) is 11.8 Å². The van der Waals surface area contributed by atoms with E-state index in [4.69, 9.17) is 5.73 Å². The van der Waals surface area contributed by atoms with E-state index in [1.165, 1.54) is 0 Å². The lowest BCUT2D eigenvalue weighted by Gasteiger charge is -2.29. The number of halogens is 3. The maximum atomic E-state index is 12.4. The van der Waals surface area contributed by atoms with Crippen molar-refractivity contribution in [2.45, 2.75) is 25.6 Å². The molecule has 0 saturated carbocycles. The summed E-state index contributed by atoms with van der Waals surface area (Å²) in [5, 5.41) is 1.48. The van der Waals surface area contributed by atoms with Crippen molar-refractivity contribution in [3.05, 3.63) is 16.1 Å². The third-order valence-corrected chi connectivity index (χ3v) is 4.02. The molecule has 0 aromatic carbocycles. The van der Waals surface area contributed by atoms with E-state index in [1.54, 1.807) is 0 Å². The quantitative estimate of drug-likeness (QED) is 0.925. The van der Waals surface area contributed by atoms with Gasteiger partial charge in [0.25, 0.3) is 0 Å². The molecule has 0 bridgehead atoms. The van der Waals surface area contributed by atoms with E-state index in [9.17, 15) is 18.0 Å². The molecule has 8 heteroatoms. The number of carbonyl (C=O) groups excluding carboxylic acids is 1. The molecule has 2 N–H and O–H groups in total. The van der Waals surface area contributed by atoms with Gasteiger partial charge in [0, 0.05) is 11.3 Å².